The van der Waals surface area contributed by atoms with Crippen molar-refractivity contribution in [2.75, 3.05) is 5.32 Å². The van der Waals surface area contributed by atoms with E-state index < -0.39 is 6.04 Å². The topological polar surface area (TPSA) is 59.8 Å². The SMILES string of the molecule is Cc1ccc(-c2nc3n(n2)C(c2ccc(F)cc2)C2=C(CCCC2=O)N3)cc1C. The Bertz CT molecular complexity index is 1160. The van der Waals surface area contributed by atoms with Gasteiger partial charge in [0.2, 0.25) is 5.95 Å². The number of allylic oxidation sites excluding steroid dienone is 2. The molecule has 1 aliphatic heterocycles. The molecule has 0 fully saturated rings. The van der Waals surface area contributed by atoms with Gasteiger partial charge >= 0.3 is 0 Å². The summed E-state index contributed by atoms with van der Waals surface area (Å²) in [4.78, 5) is 17.5. The fourth-order valence-electron chi connectivity index (χ4n) is 4.11. The fraction of sp³-hybridized carbons (Fsp3) is 0.261. The zero-order valence-electron chi connectivity index (χ0n) is 16.4. The normalized spacial score (nSPS) is 18.3. The second-order valence-electron chi connectivity index (χ2n) is 7.75. The molecule has 6 heteroatoms. The number of benzene rings is 2. The van der Waals surface area contributed by atoms with Gasteiger partial charge in [-0.1, -0.05) is 24.3 Å². The van der Waals surface area contributed by atoms with E-state index >= 15 is 0 Å². The summed E-state index contributed by atoms with van der Waals surface area (Å²) in [6, 6.07) is 12.0. The van der Waals surface area contributed by atoms with E-state index in [1.807, 2.05) is 6.07 Å². The summed E-state index contributed by atoms with van der Waals surface area (Å²) in [7, 11) is 0. The number of hydrogen-bond acceptors (Lipinski definition) is 4. The molecule has 5 rings (SSSR count). The van der Waals surface area contributed by atoms with Gasteiger partial charge in [0.15, 0.2) is 11.6 Å². The van der Waals surface area contributed by atoms with Crippen LogP contribution < -0.4 is 5.32 Å². The molecule has 1 N–H and O–H groups in total. The number of carbonyl (C=O) groups is 1. The molecular weight excluding hydrogens is 367 g/mol. The Hall–Kier alpha value is -3.28. The molecule has 0 bridgehead atoms. The van der Waals surface area contributed by atoms with E-state index in [4.69, 9.17) is 10.1 Å². The van der Waals surface area contributed by atoms with Crippen LogP contribution >= 0.6 is 0 Å². The van der Waals surface area contributed by atoms with E-state index in [2.05, 4.69) is 31.3 Å². The molecule has 2 heterocycles. The Morgan fingerprint density at radius 2 is 1.86 bits per heavy atom. The van der Waals surface area contributed by atoms with E-state index in [1.165, 1.54) is 23.3 Å². The number of anilines is 1. The lowest BCUT2D eigenvalue weighted by Crippen LogP contribution is -2.31. The number of carbonyl (C=O) groups excluding carboxylic acids is 1. The summed E-state index contributed by atoms with van der Waals surface area (Å²) in [5.74, 6) is 1.03. The predicted octanol–water partition coefficient (Wildman–Crippen LogP) is 4.72. The lowest BCUT2D eigenvalue weighted by molar-refractivity contribution is -0.116. The molecule has 3 aromatic rings. The highest BCUT2D eigenvalue weighted by atomic mass is 19.1. The largest absolute Gasteiger partial charge is 0.328 e. The summed E-state index contributed by atoms with van der Waals surface area (Å²) in [6.07, 6.45) is 2.13. The first-order chi connectivity index (χ1) is 14.0. The van der Waals surface area contributed by atoms with E-state index in [0.29, 0.717) is 23.8 Å². The molecule has 2 aliphatic rings. The lowest BCUT2D eigenvalue weighted by Gasteiger charge is -2.32. The van der Waals surface area contributed by atoms with Crippen LogP contribution in [0.4, 0.5) is 10.3 Å². The van der Waals surface area contributed by atoms with E-state index in [0.717, 1.165) is 29.7 Å². The van der Waals surface area contributed by atoms with Crippen molar-refractivity contribution >= 4 is 11.7 Å². The van der Waals surface area contributed by atoms with Gasteiger partial charge < -0.3 is 5.32 Å². The van der Waals surface area contributed by atoms with Gasteiger partial charge in [0, 0.05) is 23.3 Å². The molecule has 0 saturated heterocycles. The number of rotatable bonds is 2. The molecule has 1 aliphatic carbocycles. The maximum Gasteiger partial charge on any atom is 0.226 e. The van der Waals surface area contributed by atoms with Crippen LogP contribution in [0.3, 0.4) is 0 Å². The Morgan fingerprint density at radius 1 is 1.07 bits per heavy atom. The highest BCUT2D eigenvalue weighted by Gasteiger charge is 2.36. The van der Waals surface area contributed by atoms with Crippen LogP contribution in [-0.2, 0) is 4.79 Å². The maximum atomic E-state index is 13.5. The lowest BCUT2D eigenvalue weighted by atomic mass is 9.85. The van der Waals surface area contributed by atoms with Crippen LogP contribution in [0.2, 0.25) is 0 Å². The number of nitrogens with one attached hydrogen (secondary N) is 1. The smallest absolute Gasteiger partial charge is 0.226 e. The zero-order valence-corrected chi connectivity index (χ0v) is 16.4. The average molecular weight is 388 g/mol. The van der Waals surface area contributed by atoms with Crippen LogP contribution in [0.5, 0.6) is 0 Å². The fourth-order valence-corrected chi connectivity index (χ4v) is 4.11. The summed E-state index contributed by atoms with van der Waals surface area (Å²) >= 11 is 0. The molecular formula is C23H21FN4O. The Kier molecular flexibility index (Phi) is 4.08. The van der Waals surface area contributed by atoms with Crippen LogP contribution in [0, 0.1) is 19.7 Å². The second-order valence-corrected chi connectivity index (χ2v) is 7.75. The minimum Gasteiger partial charge on any atom is -0.328 e. The summed E-state index contributed by atoms with van der Waals surface area (Å²) in [6.45, 7) is 4.13. The van der Waals surface area contributed by atoms with Gasteiger partial charge in [-0.25, -0.2) is 9.07 Å². The monoisotopic (exact) mass is 388 g/mol. The highest BCUT2D eigenvalue weighted by Crippen LogP contribution is 2.40. The molecule has 29 heavy (non-hydrogen) atoms. The first kappa shape index (κ1) is 17.8. The third-order valence-electron chi connectivity index (χ3n) is 5.82. The Balaban J connectivity index is 1.67. The molecule has 2 aromatic carbocycles. The first-order valence-corrected chi connectivity index (χ1v) is 9.84. The van der Waals surface area contributed by atoms with E-state index in [1.54, 1.807) is 16.8 Å². The molecule has 0 saturated carbocycles. The van der Waals surface area contributed by atoms with Gasteiger partial charge in [0.05, 0.1) is 0 Å². The van der Waals surface area contributed by atoms with Gasteiger partial charge in [0.1, 0.15) is 11.9 Å². The Morgan fingerprint density at radius 3 is 2.62 bits per heavy atom. The summed E-state index contributed by atoms with van der Waals surface area (Å²) in [5, 5.41) is 8.09. The number of aromatic nitrogens is 3. The van der Waals surface area contributed by atoms with Crippen molar-refractivity contribution in [1.29, 1.82) is 0 Å². The zero-order chi connectivity index (χ0) is 20.1. The second kappa shape index (κ2) is 6.65. The highest BCUT2D eigenvalue weighted by molar-refractivity contribution is 5.99. The van der Waals surface area contributed by atoms with Crippen molar-refractivity contribution in [1.82, 2.24) is 14.8 Å². The molecule has 1 unspecified atom stereocenters. The van der Waals surface area contributed by atoms with Gasteiger partial charge in [-0.2, -0.15) is 4.98 Å². The van der Waals surface area contributed by atoms with Crippen LogP contribution in [-0.4, -0.2) is 20.5 Å². The maximum absolute atomic E-state index is 13.5. The number of Topliss-reactive ketones (excluding diaryl/α,β-unsaturated/α-hetero) is 1. The Labute approximate surface area is 168 Å². The number of hydrogen-bond donors (Lipinski definition) is 1. The minimum atomic E-state index is -0.401. The van der Waals surface area contributed by atoms with Crippen molar-refractivity contribution in [2.45, 2.75) is 39.2 Å². The van der Waals surface area contributed by atoms with Crippen molar-refractivity contribution in [2.24, 2.45) is 0 Å². The minimum absolute atomic E-state index is 0.113. The van der Waals surface area contributed by atoms with Crippen molar-refractivity contribution in [3.8, 4) is 11.4 Å². The molecule has 0 spiro atoms. The number of ketones is 1. The van der Waals surface area contributed by atoms with Crippen molar-refractivity contribution in [3.05, 3.63) is 76.2 Å². The number of fused-ring (bicyclic) bond motifs is 1. The number of halogens is 1. The number of nitrogens with zero attached hydrogens (tertiary/aromatic N) is 3. The van der Waals surface area contributed by atoms with Gasteiger partial charge in [0.25, 0.3) is 0 Å². The molecule has 0 radical (unpaired) electrons. The number of aryl methyl sites for hydroxylation is 2. The quantitative estimate of drug-likeness (QED) is 0.690. The van der Waals surface area contributed by atoms with Gasteiger partial charge in [-0.15, -0.1) is 5.10 Å². The van der Waals surface area contributed by atoms with Crippen LogP contribution in [0.15, 0.2) is 53.7 Å². The molecule has 1 aromatic heterocycles. The third kappa shape index (κ3) is 2.95. The van der Waals surface area contributed by atoms with Crippen molar-refractivity contribution < 1.29 is 9.18 Å². The molecule has 0 amide bonds. The average Bonchev–Trinajstić information content (AvgIpc) is 3.13. The first-order valence-electron chi connectivity index (χ1n) is 9.84. The van der Waals surface area contributed by atoms with Gasteiger partial charge in [-0.3, -0.25) is 4.79 Å². The van der Waals surface area contributed by atoms with Crippen LogP contribution in [0.25, 0.3) is 11.4 Å². The van der Waals surface area contributed by atoms with E-state index in [9.17, 15) is 9.18 Å². The third-order valence-corrected chi connectivity index (χ3v) is 5.82. The van der Waals surface area contributed by atoms with Gasteiger partial charge in [-0.05, 0) is 61.6 Å². The molecule has 146 valence electrons. The molecule has 5 nitrogen and oxygen atoms in total. The standard InChI is InChI=1S/C23H21FN4O/c1-13-6-7-16(12-14(13)2)22-26-23-25-18-4-3-5-19(29)20(18)21(28(23)27-22)15-8-10-17(24)11-9-15/h6-12,21H,3-5H2,1-2H3,(H,25,26,27). The van der Waals surface area contributed by atoms with Crippen molar-refractivity contribution in [3.63, 3.8) is 0 Å². The summed E-state index contributed by atoms with van der Waals surface area (Å²) in [5.41, 5.74) is 5.76. The predicted molar refractivity (Wildman–Crippen MR) is 109 cm³/mol. The summed E-state index contributed by atoms with van der Waals surface area (Å²) < 4.78 is 15.3. The van der Waals surface area contributed by atoms with Crippen LogP contribution in [0.1, 0.15) is 42.0 Å². The van der Waals surface area contributed by atoms with E-state index in [-0.39, 0.29) is 11.6 Å². The molecule has 1 atom stereocenters.